The summed E-state index contributed by atoms with van der Waals surface area (Å²) < 4.78 is 11.5. The highest BCUT2D eigenvalue weighted by Gasteiger charge is 2.08. The van der Waals surface area contributed by atoms with Crippen molar-refractivity contribution in [3.8, 4) is 11.5 Å². The highest BCUT2D eigenvalue weighted by atomic mass is 16.5. The summed E-state index contributed by atoms with van der Waals surface area (Å²) in [6.45, 7) is 7.18. The van der Waals surface area contributed by atoms with E-state index in [9.17, 15) is 4.79 Å². The van der Waals surface area contributed by atoms with Gasteiger partial charge >= 0.3 is 0 Å². The third-order valence-corrected chi connectivity index (χ3v) is 3.44. The van der Waals surface area contributed by atoms with Crippen LogP contribution in [0.4, 0.5) is 0 Å². The lowest BCUT2D eigenvalue weighted by Crippen LogP contribution is -2.11. The van der Waals surface area contributed by atoms with Crippen LogP contribution in [0.5, 0.6) is 11.5 Å². The highest BCUT2D eigenvalue weighted by Crippen LogP contribution is 2.27. The molecule has 0 aliphatic rings. The van der Waals surface area contributed by atoms with E-state index < -0.39 is 0 Å². The van der Waals surface area contributed by atoms with E-state index in [1.54, 1.807) is 12.1 Å². The molecule has 0 heterocycles. The van der Waals surface area contributed by atoms with E-state index in [0.717, 1.165) is 12.0 Å². The van der Waals surface area contributed by atoms with E-state index >= 15 is 0 Å². The molecule has 0 unspecified atom stereocenters. The summed E-state index contributed by atoms with van der Waals surface area (Å²) >= 11 is 0. The molecule has 0 saturated heterocycles. The first kappa shape index (κ1) is 16.1. The maximum atomic E-state index is 10.9. The van der Waals surface area contributed by atoms with Gasteiger partial charge in [-0.15, -0.1) is 0 Å². The Hall–Kier alpha value is -2.29. The van der Waals surface area contributed by atoms with Crippen LogP contribution in [0.2, 0.25) is 0 Å². The number of aldehydes is 1. The first-order chi connectivity index (χ1) is 10.6. The van der Waals surface area contributed by atoms with E-state index in [4.69, 9.17) is 9.47 Å². The molecule has 3 nitrogen and oxygen atoms in total. The van der Waals surface area contributed by atoms with Crippen LogP contribution in [0.15, 0.2) is 42.5 Å². The maximum Gasteiger partial charge on any atom is 0.153 e. The Kier molecular flexibility index (Phi) is 5.59. The topological polar surface area (TPSA) is 35.5 Å². The lowest BCUT2D eigenvalue weighted by atomic mass is 10.0. The molecule has 0 bridgehead atoms. The van der Waals surface area contributed by atoms with Crippen LogP contribution in [0.1, 0.15) is 41.3 Å². The SMILES string of the molecule is Cc1ccc(C(C)C)c(OCCOc2ccccc2C=O)c1. The smallest absolute Gasteiger partial charge is 0.153 e. The zero-order valence-electron chi connectivity index (χ0n) is 13.3. The molecule has 116 valence electrons. The second-order valence-corrected chi connectivity index (χ2v) is 5.55. The minimum Gasteiger partial charge on any atom is -0.490 e. The van der Waals surface area contributed by atoms with E-state index in [0.29, 0.717) is 30.4 Å². The average molecular weight is 298 g/mol. The van der Waals surface area contributed by atoms with E-state index in [-0.39, 0.29) is 0 Å². The van der Waals surface area contributed by atoms with Crippen molar-refractivity contribution in [3.63, 3.8) is 0 Å². The Morgan fingerprint density at radius 2 is 1.68 bits per heavy atom. The summed E-state index contributed by atoms with van der Waals surface area (Å²) in [6, 6.07) is 13.4. The summed E-state index contributed by atoms with van der Waals surface area (Å²) in [4.78, 5) is 10.9. The van der Waals surface area contributed by atoms with Crippen LogP contribution in [-0.2, 0) is 0 Å². The lowest BCUT2D eigenvalue weighted by Gasteiger charge is -2.15. The Balaban J connectivity index is 1.94. The van der Waals surface area contributed by atoms with E-state index in [2.05, 4.69) is 32.0 Å². The number of ether oxygens (including phenoxy) is 2. The van der Waals surface area contributed by atoms with Crippen molar-refractivity contribution < 1.29 is 14.3 Å². The zero-order valence-corrected chi connectivity index (χ0v) is 13.3. The van der Waals surface area contributed by atoms with Gasteiger partial charge in [-0.1, -0.05) is 38.1 Å². The monoisotopic (exact) mass is 298 g/mol. The third kappa shape index (κ3) is 4.10. The summed E-state index contributed by atoms with van der Waals surface area (Å²) in [6.07, 6.45) is 0.799. The van der Waals surface area contributed by atoms with Gasteiger partial charge < -0.3 is 9.47 Å². The molecule has 0 aromatic heterocycles. The van der Waals surface area contributed by atoms with Crippen LogP contribution >= 0.6 is 0 Å². The molecule has 2 aromatic rings. The van der Waals surface area contributed by atoms with Crippen molar-refractivity contribution in [2.24, 2.45) is 0 Å². The number of benzene rings is 2. The fourth-order valence-electron chi connectivity index (χ4n) is 2.26. The average Bonchev–Trinajstić information content (AvgIpc) is 2.51. The van der Waals surface area contributed by atoms with Gasteiger partial charge in [0.2, 0.25) is 0 Å². The fourth-order valence-corrected chi connectivity index (χ4v) is 2.26. The van der Waals surface area contributed by atoms with Gasteiger partial charge in [0.05, 0.1) is 5.56 Å². The van der Waals surface area contributed by atoms with Gasteiger partial charge in [0.25, 0.3) is 0 Å². The van der Waals surface area contributed by atoms with Crippen LogP contribution in [0.25, 0.3) is 0 Å². The van der Waals surface area contributed by atoms with Crippen molar-refractivity contribution in [1.29, 1.82) is 0 Å². The van der Waals surface area contributed by atoms with Crippen molar-refractivity contribution in [1.82, 2.24) is 0 Å². The Morgan fingerprint density at radius 1 is 1.00 bits per heavy atom. The molecule has 0 atom stereocenters. The summed E-state index contributed by atoms with van der Waals surface area (Å²) in [5.41, 5.74) is 2.92. The molecule has 2 rings (SSSR count). The highest BCUT2D eigenvalue weighted by molar-refractivity contribution is 5.79. The predicted octanol–water partition coefficient (Wildman–Crippen LogP) is 4.39. The van der Waals surface area contributed by atoms with Crippen molar-refractivity contribution in [2.45, 2.75) is 26.7 Å². The quantitative estimate of drug-likeness (QED) is 0.562. The lowest BCUT2D eigenvalue weighted by molar-refractivity contribution is 0.111. The Labute approximate surface area is 131 Å². The standard InChI is InChI=1S/C19H22O3/c1-14(2)17-9-8-15(3)12-19(17)22-11-10-21-18-7-5-4-6-16(18)13-20/h4-9,12-14H,10-11H2,1-3H3. The van der Waals surface area contributed by atoms with Crippen molar-refractivity contribution >= 4 is 6.29 Å². The van der Waals surface area contributed by atoms with Crippen LogP contribution in [-0.4, -0.2) is 19.5 Å². The summed E-state index contributed by atoms with van der Waals surface area (Å²) in [5.74, 6) is 1.91. The molecular weight excluding hydrogens is 276 g/mol. The first-order valence-corrected chi connectivity index (χ1v) is 7.52. The minimum atomic E-state index is 0.399. The largest absolute Gasteiger partial charge is 0.490 e. The number of aryl methyl sites for hydroxylation is 1. The molecule has 22 heavy (non-hydrogen) atoms. The molecule has 0 aliphatic heterocycles. The van der Waals surface area contributed by atoms with E-state index in [1.165, 1.54) is 11.1 Å². The maximum absolute atomic E-state index is 10.9. The number of hydrogen-bond donors (Lipinski definition) is 0. The van der Waals surface area contributed by atoms with Gasteiger partial charge in [-0.2, -0.15) is 0 Å². The van der Waals surface area contributed by atoms with Gasteiger partial charge in [0.15, 0.2) is 6.29 Å². The Morgan fingerprint density at radius 3 is 2.36 bits per heavy atom. The van der Waals surface area contributed by atoms with Gasteiger partial charge in [-0.05, 0) is 42.2 Å². The number of carbonyl (C=O) groups is 1. The second kappa shape index (κ2) is 7.64. The molecule has 0 saturated carbocycles. The number of hydrogen-bond acceptors (Lipinski definition) is 3. The van der Waals surface area contributed by atoms with Crippen molar-refractivity contribution in [2.75, 3.05) is 13.2 Å². The van der Waals surface area contributed by atoms with Gasteiger partial charge in [-0.3, -0.25) is 4.79 Å². The molecule has 0 spiro atoms. The second-order valence-electron chi connectivity index (χ2n) is 5.55. The number of para-hydroxylation sites is 1. The third-order valence-electron chi connectivity index (χ3n) is 3.44. The van der Waals surface area contributed by atoms with Crippen LogP contribution in [0.3, 0.4) is 0 Å². The normalized spacial score (nSPS) is 10.5. The summed E-state index contributed by atoms with van der Waals surface area (Å²) in [5, 5.41) is 0. The molecule has 0 fully saturated rings. The fraction of sp³-hybridized carbons (Fsp3) is 0.316. The Bertz CT molecular complexity index is 632. The molecule has 0 radical (unpaired) electrons. The molecule has 0 aliphatic carbocycles. The van der Waals surface area contributed by atoms with Crippen LogP contribution < -0.4 is 9.47 Å². The van der Waals surface area contributed by atoms with E-state index in [1.807, 2.05) is 19.1 Å². The first-order valence-electron chi connectivity index (χ1n) is 7.52. The molecule has 0 amide bonds. The number of rotatable bonds is 7. The minimum absolute atomic E-state index is 0.399. The molecule has 2 aromatic carbocycles. The van der Waals surface area contributed by atoms with Gasteiger partial charge in [0.1, 0.15) is 24.7 Å². The molecular formula is C19H22O3. The zero-order chi connectivity index (χ0) is 15.9. The van der Waals surface area contributed by atoms with Crippen LogP contribution in [0, 0.1) is 6.92 Å². The predicted molar refractivity (Wildman–Crippen MR) is 88.1 cm³/mol. The van der Waals surface area contributed by atoms with Gasteiger partial charge in [-0.25, -0.2) is 0 Å². The summed E-state index contributed by atoms with van der Waals surface area (Å²) in [7, 11) is 0. The molecule has 3 heteroatoms. The van der Waals surface area contributed by atoms with Gasteiger partial charge in [0, 0.05) is 0 Å². The van der Waals surface area contributed by atoms with Crippen molar-refractivity contribution in [3.05, 3.63) is 59.2 Å². The molecule has 0 N–H and O–H groups in total. The number of carbonyl (C=O) groups excluding carboxylic acids is 1.